The average molecular weight is 355 g/mol. The SMILES string of the molecule is CC(C)n1cc(CCNSN(C)C)c2ccc(-c3ccncc3)cc21. The van der Waals surface area contributed by atoms with Gasteiger partial charge in [-0.1, -0.05) is 12.1 Å². The molecule has 132 valence electrons. The van der Waals surface area contributed by atoms with Gasteiger partial charge >= 0.3 is 0 Å². The summed E-state index contributed by atoms with van der Waals surface area (Å²) in [5.74, 6) is 0. The number of rotatable bonds is 7. The van der Waals surface area contributed by atoms with Crippen molar-refractivity contribution < 1.29 is 0 Å². The maximum Gasteiger partial charge on any atom is 0.0491 e. The van der Waals surface area contributed by atoms with E-state index in [0.29, 0.717) is 6.04 Å². The third kappa shape index (κ3) is 4.24. The lowest BCUT2D eigenvalue weighted by molar-refractivity contribution is 0.620. The molecule has 25 heavy (non-hydrogen) atoms. The Balaban J connectivity index is 1.92. The molecule has 3 rings (SSSR count). The summed E-state index contributed by atoms with van der Waals surface area (Å²) in [6, 6.07) is 11.3. The van der Waals surface area contributed by atoms with Crippen molar-refractivity contribution in [2.75, 3.05) is 20.6 Å². The first-order valence-corrected chi connectivity index (χ1v) is 9.44. The Morgan fingerprint density at radius 2 is 1.88 bits per heavy atom. The summed E-state index contributed by atoms with van der Waals surface area (Å²) in [4.78, 5) is 4.12. The van der Waals surface area contributed by atoms with Crippen molar-refractivity contribution in [1.82, 2.24) is 18.6 Å². The number of nitrogens with one attached hydrogen (secondary N) is 1. The average Bonchev–Trinajstić information content (AvgIpc) is 2.97. The Kier molecular flexibility index (Phi) is 5.78. The highest BCUT2D eigenvalue weighted by atomic mass is 32.2. The van der Waals surface area contributed by atoms with Gasteiger partial charge in [0.05, 0.1) is 0 Å². The molecule has 0 aliphatic rings. The molecule has 2 heterocycles. The minimum absolute atomic E-state index is 0.438. The molecule has 0 radical (unpaired) electrons. The van der Waals surface area contributed by atoms with Crippen LogP contribution in [0.2, 0.25) is 0 Å². The predicted molar refractivity (Wildman–Crippen MR) is 109 cm³/mol. The van der Waals surface area contributed by atoms with Gasteiger partial charge in [0.25, 0.3) is 0 Å². The molecule has 1 aromatic carbocycles. The Hall–Kier alpha value is -1.82. The zero-order chi connectivity index (χ0) is 17.8. The van der Waals surface area contributed by atoms with Gasteiger partial charge in [0, 0.05) is 54.2 Å². The Morgan fingerprint density at radius 3 is 2.56 bits per heavy atom. The first-order valence-electron chi connectivity index (χ1n) is 8.67. The molecule has 0 atom stereocenters. The molecular weight excluding hydrogens is 328 g/mol. The van der Waals surface area contributed by atoms with E-state index in [2.05, 4.69) is 69.0 Å². The number of hydrogen-bond donors (Lipinski definition) is 1. The van der Waals surface area contributed by atoms with Gasteiger partial charge in [0.2, 0.25) is 0 Å². The fourth-order valence-corrected chi connectivity index (χ4v) is 3.49. The summed E-state index contributed by atoms with van der Waals surface area (Å²) in [6.07, 6.45) is 7.03. The second-order valence-electron chi connectivity index (χ2n) is 6.67. The third-order valence-electron chi connectivity index (χ3n) is 4.23. The van der Waals surface area contributed by atoms with Gasteiger partial charge in [0.15, 0.2) is 0 Å². The van der Waals surface area contributed by atoms with Crippen LogP contribution in [-0.4, -0.2) is 34.5 Å². The van der Waals surface area contributed by atoms with E-state index in [-0.39, 0.29) is 0 Å². The Labute approximate surface area is 154 Å². The van der Waals surface area contributed by atoms with Crippen LogP contribution in [0.15, 0.2) is 48.9 Å². The lowest BCUT2D eigenvalue weighted by Gasteiger charge is -2.10. The van der Waals surface area contributed by atoms with Crippen LogP contribution in [0.3, 0.4) is 0 Å². The van der Waals surface area contributed by atoms with Gasteiger partial charge in [-0.2, -0.15) is 0 Å². The first kappa shape index (κ1) is 18.0. The highest BCUT2D eigenvalue weighted by molar-refractivity contribution is 7.95. The predicted octanol–water partition coefficient (Wildman–Crippen LogP) is 4.54. The zero-order valence-electron chi connectivity index (χ0n) is 15.4. The van der Waals surface area contributed by atoms with Crippen LogP contribution in [0.4, 0.5) is 0 Å². The van der Waals surface area contributed by atoms with E-state index < -0.39 is 0 Å². The van der Waals surface area contributed by atoms with Gasteiger partial charge in [-0.25, -0.2) is 4.31 Å². The molecular formula is C20H26N4S. The van der Waals surface area contributed by atoms with E-state index in [1.54, 1.807) is 12.1 Å². The third-order valence-corrected chi connectivity index (χ3v) is 4.93. The molecule has 0 spiro atoms. The van der Waals surface area contributed by atoms with Crippen molar-refractivity contribution in [1.29, 1.82) is 0 Å². The molecule has 0 aliphatic heterocycles. The van der Waals surface area contributed by atoms with Crippen LogP contribution < -0.4 is 4.72 Å². The highest BCUT2D eigenvalue weighted by Crippen LogP contribution is 2.30. The smallest absolute Gasteiger partial charge is 0.0491 e. The topological polar surface area (TPSA) is 33.1 Å². The summed E-state index contributed by atoms with van der Waals surface area (Å²) in [6.45, 7) is 5.43. The maximum absolute atomic E-state index is 4.12. The van der Waals surface area contributed by atoms with Gasteiger partial charge < -0.3 is 4.57 Å². The molecule has 1 N–H and O–H groups in total. The normalized spacial score (nSPS) is 11.8. The van der Waals surface area contributed by atoms with Crippen LogP contribution in [-0.2, 0) is 6.42 Å². The quantitative estimate of drug-likeness (QED) is 0.499. The van der Waals surface area contributed by atoms with Crippen LogP contribution >= 0.6 is 12.1 Å². The summed E-state index contributed by atoms with van der Waals surface area (Å²) in [5, 5.41) is 1.35. The monoisotopic (exact) mass is 354 g/mol. The number of nitrogens with zero attached hydrogens (tertiary/aromatic N) is 3. The zero-order valence-corrected chi connectivity index (χ0v) is 16.2. The number of benzene rings is 1. The lowest BCUT2D eigenvalue weighted by Crippen LogP contribution is -2.15. The highest BCUT2D eigenvalue weighted by Gasteiger charge is 2.12. The van der Waals surface area contributed by atoms with Crippen LogP contribution in [0.1, 0.15) is 25.5 Å². The summed E-state index contributed by atoms with van der Waals surface area (Å²) < 4.78 is 7.85. The second-order valence-corrected chi connectivity index (χ2v) is 7.87. The van der Waals surface area contributed by atoms with E-state index in [1.807, 2.05) is 26.5 Å². The number of fused-ring (bicyclic) bond motifs is 1. The lowest BCUT2D eigenvalue weighted by atomic mass is 10.0. The van der Waals surface area contributed by atoms with E-state index >= 15 is 0 Å². The fourth-order valence-electron chi connectivity index (χ4n) is 3.03. The van der Waals surface area contributed by atoms with Crippen molar-refractivity contribution in [3.63, 3.8) is 0 Å². The van der Waals surface area contributed by atoms with E-state index in [0.717, 1.165) is 13.0 Å². The molecule has 4 nitrogen and oxygen atoms in total. The van der Waals surface area contributed by atoms with E-state index in [9.17, 15) is 0 Å². The van der Waals surface area contributed by atoms with E-state index in [4.69, 9.17) is 0 Å². The molecule has 0 fully saturated rings. The Morgan fingerprint density at radius 1 is 1.12 bits per heavy atom. The van der Waals surface area contributed by atoms with E-state index in [1.165, 1.54) is 27.6 Å². The summed E-state index contributed by atoms with van der Waals surface area (Å²) in [5.41, 5.74) is 5.15. The second kappa shape index (κ2) is 8.04. The van der Waals surface area contributed by atoms with Crippen molar-refractivity contribution >= 4 is 23.0 Å². The van der Waals surface area contributed by atoms with Crippen molar-refractivity contribution in [3.05, 3.63) is 54.5 Å². The molecule has 0 saturated carbocycles. The summed E-state index contributed by atoms with van der Waals surface area (Å²) in [7, 11) is 4.09. The minimum Gasteiger partial charge on any atom is -0.345 e. The van der Waals surface area contributed by atoms with Crippen LogP contribution in [0.25, 0.3) is 22.0 Å². The number of aromatic nitrogens is 2. The van der Waals surface area contributed by atoms with Crippen LogP contribution in [0.5, 0.6) is 0 Å². The van der Waals surface area contributed by atoms with Gasteiger partial charge in [-0.15, -0.1) is 0 Å². The molecule has 0 bridgehead atoms. The van der Waals surface area contributed by atoms with Gasteiger partial charge in [-0.3, -0.25) is 9.71 Å². The fraction of sp³-hybridized carbons (Fsp3) is 0.350. The largest absolute Gasteiger partial charge is 0.345 e. The number of pyridine rings is 1. The van der Waals surface area contributed by atoms with Crippen molar-refractivity contribution in [2.45, 2.75) is 26.3 Å². The molecule has 0 aliphatic carbocycles. The van der Waals surface area contributed by atoms with Crippen molar-refractivity contribution in [3.8, 4) is 11.1 Å². The number of hydrogen-bond acceptors (Lipinski definition) is 4. The molecule has 0 amide bonds. The van der Waals surface area contributed by atoms with Crippen LogP contribution in [0, 0.1) is 0 Å². The molecule has 3 aromatic rings. The Bertz CT molecular complexity index is 824. The van der Waals surface area contributed by atoms with Gasteiger partial charge in [-0.05, 0) is 69.3 Å². The first-order chi connectivity index (χ1) is 12.1. The van der Waals surface area contributed by atoms with Crippen molar-refractivity contribution in [2.24, 2.45) is 0 Å². The maximum atomic E-state index is 4.12. The molecule has 5 heteroatoms. The molecule has 2 aromatic heterocycles. The minimum atomic E-state index is 0.438. The standard InChI is InChI=1S/C20H26N4S/c1-15(2)24-14-18(9-12-22-25-23(3)4)19-6-5-17(13-20(19)24)16-7-10-21-11-8-16/h5-8,10-11,13-15,22H,9,12H2,1-4H3. The van der Waals surface area contributed by atoms with Gasteiger partial charge in [0.1, 0.15) is 0 Å². The molecule has 0 saturated heterocycles. The summed E-state index contributed by atoms with van der Waals surface area (Å²) >= 11 is 1.64. The molecule has 0 unspecified atom stereocenters.